The lowest BCUT2D eigenvalue weighted by molar-refractivity contribution is -0.148. The van der Waals surface area contributed by atoms with Crippen LogP contribution in [0, 0.1) is 52.4 Å². The summed E-state index contributed by atoms with van der Waals surface area (Å²) in [4.78, 5) is 129. The molecule has 14 rings (SSSR count). The van der Waals surface area contributed by atoms with Crippen LogP contribution in [0.4, 0.5) is 22.7 Å². The number of fused-ring (bicyclic) bond motifs is 2. The molecule has 6 aromatic carbocycles. The third kappa shape index (κ3) is 25.9. The summed E-state index contributed by atoms with van der Waals surface area (Å²) in [5.74, 6) is -3.74. The summed E-state index contributed by atoms with van der Waals surface area (Å²) in [5, 5.41) is 28.0. The topological polar surface area (TPSA) is 382 Å². The highest BCUT2D eigenvalue weighted by Crippen LogP contribution is 2.39. The Labute approximate surface area is 783 Å². The van der Waals surface area contributed by atoms with Gasteiger partial charge in [-0.15, -0.1) is 22.7 Å². The van der Waals surface area contributed by atoms with Gasteiger partial charge in [0.05, 0.1) is 87.4 Å². The standard InChI is InChI=1S/C50H60N8O7S.C25H34N4O4S.C25H28N4O4/c1-31-24-41-33(3)55-65-44(41)26-42(31)57(39-18-16-38(17-19-39)56-22-20-51-29-56)21-10-9-11-23-63-28-45(60)54-47(50(6,7)8)49(62)58-27-40(64-35(5)59)25-43(58)48(61)53-32(2)36-12-14-37(15-13-36)46-34(4)52-30-66-46;1-14(17-7-9-18(10-8-17)21-15(2)27-13-34-21)28-23(31)20-11-19(33-16(3)30)12-29(20)24(32)22(26)25(4,5)6;1-18-14-22-19(2)27-33-24(22)15-23(18)29(11-4-3-5-13-32-16-25(30)31)21-8-6-20(7-9-21)28-12-10-26-17-28/h12-20,22,24,26,29-30,32,40,43,47H,9-11,21,23,25,27-28H2,1-8H3,(H,53,61)(H,54,60);7-10,13-14,19-20,22H,11-12,26H2,1-6H3,(H,28,31);6-10,12,14-15,17H,3-5,11,13,16H2,1-2H3,(H,30,31)/t32-,40+,43-,47+;14-,19+,20-,22+;/m00./s1. The summed E-state index contributed by atoms with van der Waals surface area (Å²) in [6.45, 7) is 31.7. The number of hydrogen-bond acceptors (Lipinski definition) is 25. The number of nitrogens with two attached hydrogens (primary N) is 1. The van der Waals surface area contributed by atoms with Crippen LogP contribution in [0.25, 0.3) is 54.2 Å². The number of esters is 2. The molecule has 0 bridgehead atoms. The van der Waals surface area contributed by atoms with Gasteiger partial charge in [-0.3, -0.25) is 33.6 Å². The van der Waals surface area contributed by atoms with Crippen molar-refractivity contribution in [3.05, 3.63) is 215 Å². The van der Waals surface area contributed by atoms with Gasteiger partial charge in [-0.05, 0) is 199 Å². The quantitative estimate of drug-likeness (QED) is 0.0182. The van der Waals surface area contributed by atoms with Crippen LogP contribution >= 0.6 is 22.7 Å². The van der Waals surface area contributed by atoms with E-state index in [0.29, 0.717) is 13.2 Å². The van der Waals surface area contributed by atoms with Gasteiger partial charge in [-0.2, -0.15) is 0 Å². The van der Waals surface area contributed by atoms with E-state index < -0.39 is 76.9 Å². The molecule has 0 aliphatic carbocycles. The van der Waals surface area contributed by atoms with Gasteiger partial charge in [0.1, 0.15) is 43.5 Å². The van der Waals surface area contributed by atoms with Crippen molar-refractivity contribution in [1.82, 2.24) is 65.1 Å². The largest absolute Gasteiger partial charge is 0.480 e. The second-order valence-electron chi connectivity index (χ2n) is 36.1. The molecule has 0 spiro atoms. The van der Waals surface area contributed by atoms with Crippen LogP contribution in [0.1, 0.15) is 178 Å². The van der Waals surface area contributed by atoms with Gasteiger partial charge in [-0.25, -0.2) is 24.7 Å². The SMILES string of the molecule is CC(=O)O[C@@H]1C[C@@H](C(=O)N[C@@H](C)c2ccc(-c3scnc3C)cc2)N(C(=O)[C@@H](N)C(C)(C)C)C1.CC(=O)O[C@@H]1C[C@@H](C(=O)N[C@@H](C)c2ccc(-c3scnc3C)cc2)N(C(=O)[C@@H](NC(=O)COCCCCCN(c2ccc(-n3ccnc3)cc2)c2cc3onc(C)c3cc2C)C(C)(C)C)C1.Cc1cc2c(C)noc2cc1N(CCCCCOCC(=O)O)c1ccc(-n2ccnc2)cc1. The van der Waals surface area contributed by atoms with Gasteiger partial charge in [0.2, 0.25) is 29.5 Å². The molecule has 5 amide bonds. The van der Waals surface area contributed by atoms with E-state index in [4.69, 9.17) is 38.8 Å². The van der Waals surface area contributed by atoms with Crippen molar-refractivity contribution in [2.45, 2.75) is 211 Å². The number of aliphatic carboxylic acids is 1. The average molecular weight is 1850 g/mol. The minimum atomic E-state index is -0.983. The average Bonchev–Trinajstić information content (AvgIpc) is 1.70. The molecular weight excluding hydrogens is 1730 g/mol. The predicted molar refractivity (Wildman–Crippen MR) is 513 cm³/mol. The van der Waals surface area contributed by atoms with Crippen LogP contribution in [0.5, 0.6) is 0 Å². The first-order valence-electron chi connectivity index (χ1n) is 44.9. The number of nitrogens with one attached hydrogen (secondary N) is 3. The smallest absolute Gasteiger partial charge is 0.329 e. The van der Waals surface area contributed by atoms with Gasteiger partial charge < -0.3 is 83.5 Å². The molecule has 0 saturated carbocycles. The highest BCUT2D eigenvalue weighted by Gasteiger charge is 2.48. The van der Waals surface area contributed by atoms with Crippen molar-refractivity contribution in [2.75, 3.05) is 62.4 Å². The molecule has 0 radical (unpaired) electrons. The highest BCUT2D eigenvalue weighted by atomic mass is 32.1. The van der Waals surface area contributed by atoms with Crippen LogP contribution in [-0.2, 0) is 57.3 Å². The van der Waals surface area contributed by atoms with Gasteiger partial charge in [0.25, 0.3) is 0 Å². The number of unbranched alkanes of at least 4 members (excludes halogenated alkanes) is 4. The Morgan fingerprint density at radius 3 is 1.31 bits per heavy atom. The fraction of sp³-hybridized carbons (Fsp3) is 0.420. The molecule has 33 heteroatoms. The van der Waals surface area contributed by atoms with E-state index in [9.17, 15) is 38.4 Å². The molecule has 133 heavy (non-hydrogen) atoms. The maximum atomic E-state index is 14.4. The van der Waals surface area contributed by atoms with Gasteiger partial charge >= 0.3 is 17.9 Å². The molecule has 704 valence electrons. The van der Waals surface area contributed by atoms with Crippen LogP contribution < -0.4 is 31.5 Å². The number of nitrogens with zero attached hydrogens (tertiary/aromatic N) is 12. The lowest BCUT2D eigenvalue weighted by Crippen LogP contribution is -2.58. The summed E-state index contributed by atoms with van der Waals surface area (Å²) in [7, 11) is 0. The van der Waals surface area contributed by atoms with E-state index in [1.54, 1.807) is 47.7 Å². The molecule has 8 heterocycles. The zero-order valence-electron chi connectivity index (χ0n) is 78.5. The second-order valence-corrected chi connectivity index (χ2v) is 37.8. The van der Waals surface area contributed by atoms with Crippen molar-refractivity contribution >= 4 is 115 Å². The van der Waals surface area contributed by atoms with Crippen LogP contribution in [-0.4, -0.2) is 191 Å². The zero-order chi connectivity index (χ0) is 95.5. The van der Waals surface area contributed by atoms with Crippen LogP contribution in [0.15, 0.2) is 179 Å². The number of benzene rings is 6. The van der Waals surface area contributed by atoms with Crippen molar-refractivity contribution in [3.63, 3.8) is 0 Å². The third-order valence-corrected chi connectivity index (χ3v) is 25.7. The van der Waals surface area contributed by atoms with Crippen molar-refractivity contribution in [2.24, 2.45) is 16.6 Å². The van der Waals surface area contributed by atoms with Gasteiger partial charge in [0.15, 0.2) is 11.2 Å². The first kappa shape index (κ1) is 99.2. The number of carboxylic acids is 1. The lowest BCUT2D eigenvalue weighted by Gasteiger charge is -2.35. The third-order valence-electron chi connectivity index (χ3n) is 23.8. The number of carbonyl (C=O) groups excluding carboxylic acids is 7. The summed E-state index contributed by atoms with van der Waals surface area (Å²) in [5.41, 5.74) is 26.4. The van der Waals surface area contributed by atoms with Crippen LogP contribution in [0.3, 0.4) is 0 Å². The van der Waals surface area contributed by atoms with E-state index in [0.717, 1.165) is 174 Å². The zero-order valence-corrected chi connectivity index (χ0v) is 80.2. The number of anilines is 4. The Morgan fingerprint density at radius 2 is 0.940 bits per heavy atom. The maximum Gasteiger partial charge on any atom is 0.329 e. The van der Waals surface area contributed by atoms with Gasteiger partial charge in [-0.1, -0.05) is 100 Å². The molecule has 2 saturated heterocycles. The number of hydrogen-bond donors (Lipinski definition) is 5. The summed E-state index contributed by atoms with van der Waals surface area (Å²) in [6.07, 6.45) is 15.2. The highest BCUT2D eigenvalue weighted by molar-refractivity contribution is 7.13. The molecule has 6 N–H and O–H groups in total. The van der Waals surface area contributed by atoms with Crippen molar-refractivity contribution < 1.29 is 71.5 Å². The minimum absolute atomic E-state index is 0.0227. The number of ether oxygens (including phenoxy) is 4. The Hall–Kier alpha value is -12.8. The van der Waals surface area contributed by atoms with E-state index >= 15 is 0 Å². The normalized spacial score (nSPS) is 15.8. The van der Waals surface area contributed by atoms with E-state index in [1.807, 2.05) is 164 Å². The number of carboxylic acid groups (broad SMARTS) is 1. The first-order valence-corrected chi connectivity index (χ1v) is 46.7. The summed E-state index contributed by atoms with van der Waals surface area (Å²) < 4.78 is 37.0. The number of imidazole rings is 2. The number of likely N-dealkylation sites (tertiary alicyclic amines) is 2. The van der Waals surface area contributed by atoms with E-state index in [-0.39, 0.29) is 69.0 Å². The first-order chi connectivity index (χ1) is 63.5. The molecule has 6 aromatic heterocycles. The Balaban J connectivity index is 0.000000199. The predicted octanol–water partition coefficient (Wildman–Crippen LogP) is 16.6. The van der Waals surface area contributed by atoms with E-state index in [2.05, 4.69) is 143 Å². The van der Waals surface area contributed by atoms with Crippen LogP contribution in [0.2, 0.25) is 0 Å². The molecule has 12 aromatic rings. The Kier molecular flexibility index (Phi) is 33.6. The maximum absolute atomic E-state index is 14.4. The second kappa shape index (κ2) is 45.1. The summed E-state index contributed by atoms with van der Waals surface area (Å²) >= 11 is 3.16. The number of thiazole rings is 2. The number of amides is 5. The Morgan fingerprint density at radius 1 is 0.526 bits per heavy atom. The molecule has 8 atom stereocenters. The molecule has 2 aliphatic heterocycles. The van der Waals surface area contributed by atoms with Crippen molar-refractivity contribution in [1.29, 1.82) is 0 Å². The number of carbonyl (C=O) groups is 8. The monoisotopic (exact) mass is 1850 g/mol. The number of aromatic nitrogens is 8. The molecular formula is C100H122N16O15S2. The Bertz CT molecular complexity index is 5940. The molecule has 0 unspecified atom stereocenters. The number of rotatable bonds is 35. The van der Waals surface area contributed by atoms with Gasteiger partial charge in [0, 0.05) is 135 Å². The fourth-order valence-corrected chi connectivity index (χ4v) is 18.0. The lowest BCUT2D eigenvalue weighted by atomic mass is 9.85. The molecule has 2 fully saturated rings. The number of aryl methyl sites for hydroxylation is 6. The summed E-state index contributed by atoms with van der Waals surface area (Å²) in [6, 6.07) is 36.9. The van der Waals surface area contributed by atoms with E-state index in [1.165, 1.54) is 23.6 Å². The minimum Gasteiger partial charge on any atom is -0.480 e. The molecule has 2 aliphatic rings. The molecule has 31 nitrogen and oxygen atoms in total. The van der Waals surface area contributed by atoms with Crippen molar-refractivity contribution in [3.8, 4) is 32.3 Å². The fourth-order valence-electron chi connectivity index (χ4n) is 16.4.